The number of carbonyl (C=O) groups excluding carboxylic acids is 1. The van der Waals surface area contributed by atoms with E-state index in [1.54, 1.807) is 0 Å². The Kier molecular flexibility index (Phi) is 3.00. The SMILES string of the molecule is Cc1ccc(-c2noc([C@@H]3CCN3)n2)cc1NC=O. The van der Waals surface area contributed by atoms with Crippen LogP contribution in [0.2, 0.25) is 0 Å². The number of benzene rings is 1. The molecule has 2 heterocycles. The molecule has 0 saturated carbocycles. The molecule has 0 unspecified atom stereocenters. The molecule has 6 nitrogen and oxygen atoms in total. The van der Waals surface area contributed by atoms with Crippen LogP contribution in [0.5, 0.6) is 0 Å². The molecule has 1 amide bonds. The molecule has 1 atom stereocenters. The molecule has 3 rings (SSSR count). The fourth-order valence-corrected chi connectivity index (χ4v) is 1.97. The minimum Gasteiger partial charge on any atom is -0.337 e. The zero-order valence-corrected chi connectivity index (χ0v) is 10.5. The van der Waals surface area contributed by atoms with Gasteiger partial charge >= 0.3 is 0 Å². The molecule has 0 spiro atoms. The standard InChI is InChI=1S/C13H14N4O2/c1-8-2-3-9(6-11(8)15-7-18)12-16-13(19-17-12)10-4-5-14-10/h2-3,6-7,10,14H,4-5H2,1H3,(H,15,18)/t10-/m0/s1. The van der Waals surface area contributed by atoms with E-state index in [2.05, 4.69) is 20.8 Å². The van der Waals surface area contributed by atoms with Crippen LogP contribution in [0.25, 0.3) is 11.4 Å². The van der Waals surface area contributed by atoms with Crippen LogP contribution >= 0.6 is 0 Å². The topological polar surface area (TPSA) is 80.1 Å². The summed E-state index contributed by atoms with van der Waals surface area (Å²) < 4.78 is 5.24. The second-order valence-electron chi connectivity index (χ2n) is 4.54. The molecule has 19 heavy (non-hydrogen) atoms. The highest BCUT2D eigenvalue weighted by Gasteiger charge is 2.24. The van der Waals surface area contributed by atoms with Crippen LogP contribution in [0, 0.1) is 6.92 Å². The van der Waals surface area contributed by atoms with Gasteiger partial charge in [-0.3, -0.25) is 4.79 Å². The van der Waals surface area contributed by atoms with E-state index in [-0.39, 0.29) is 6.04 Å². The molecule has 1 aliphatic heterocycles. The van der Waals surface area contributed by atoms with Crippen LogP contribution in [0.1, 0.15) is 23.9 Å². The van der Waals surface area contributed by atoms with Crippen LogP contribution in [0.4, 0.5) is 5.69 Å². The van der Waals surface area contributed by atoms with Crippen LogP contribution < -0.4 is 10.6 Å². The van der Waals surface area contributed by atoms with Gasteiger partial charge in [0.05, 0.1) is 6.04 Å². The Morgan fingerprint density at radius 3 is 3.05 bits per heavy atom. The molecule has 0 bridgehead atoms. The van der Waals surface area contributed by atoms with Crippen molar-refractivity contribution in [2.45, 2.75) is 19.4 Å². The summed E-state index contributed by atoms with van der Waals surface area (Å²) in [6, 6.07) is 5.85. The summed E-state index contributed by atoms with van der Waals surface area (Å²) in [7, 11) is 0. The number of nitrogens with zero attached hydrogens (tertiary/aromatic N) is 2. The monoisotopic (exact) mass is 258 g/mol. The van der Waals surface area contributed by atoms with Crippen LogP contribution in [-0.2, 0) is 4.79 Å². The molecule has 1 fully saturated rings. The van der Waals surface area contributed by atoms with E-state index in [9.17, 15) is 4.79 Å². The Morgan fingerprint density at radius 1 is 1.53 bits per heavy atom. The molecular formula is C13H14N4O2. The number of anilines is 1. The van der Waals surface area contributed by atoms with Gasteiger partial charge in [-0.05, 0) is 31.5 Å². The van der Waals surface area contributed by atoms with Gasteiger partial charge < -0.3 is 15.2 Å². The molecule has 98 valence electrons. The highest BCUT2D eigenvalue weighted by Crippen LogP contribution is 2.26. The van der Waals surface area contributed by atoms with E-state index in [1.165, 1.54) is 0 Å². The maximum Gasteiger partial charge on any atom is 0.244 e. The molecule has 1 saturated heterocycles. The van der Waals surface area contributed by atoms with Gasteiger partial charge in [0.25, 0.3) is 0 Å². The van der Waals surface area contributed by atoms with Crippen molar-refractivity contribution in [1.82, 2.24) is 15.5 Å². The van der Waals surface area contributed by atoms with Crippen molar-refractivity contribution in [3.05, 3.63) is 29.7 Å². The van der Waals surface area contributed by atoms with Gasteiger partial charge in [0.2, 0.25) is 18.1 Å². The van der Waals surface area contributed by atoms with Crippen molar-refractivity contribution >= 4 is 12.1 Å². The molecule has 2 aromatic rings. The van der Waals surface area contributed by atoms with Crippen molar-refractivity contribution in [1.29, 1.82) is 0 Å². The van der Waals surface area contributed by atoms with E-state index in [4.69, 9.17) is 4.52 Å². The minimum absolute atomic E-state index is 0.180. The molecule has 0 aliphatic carbocycles. The van der Waals surface area contributed by atoms with Crippen molar-refractivity contribution in [2.75, 3.05) is 11.9 Å². The molecule has 6 heteroatoms. The summed E-state index contributed by atoms with van der Waals surface area (Å²) in [5, 5.41) is 9.85. The predicted molar refractivity (Wildman–Crippen MR) is 69.5 cm³/mol. The van der Waals surface area contributed by atoms with Crippen molar-refractivity contribution < 1.29 is 9.32 Å². The van der Waals surface area contributed by atoms with E-state index in [1.807, 2.05) is 25.1 Å². The second-order valence-corrected chi connectivity index (χ2v) is 4.54. The first kappa shape index (κ1) is 11.9. The number of amides is 1. The van der Waals surface area contributed by atoms with Gasteiger partial charge in [-0.2, -0.15) is 4.98 Å². The molecular weight excluding hydrogens is 244 g/mol. The first-order valence-corrected chi connectivity index (χ1v) is 6.16. The van der Waals surface area contributed by atoms with Gasteiger partial charge in [0.15, 0.2) is 0 Å². The number of hydrogen-bond donors (Lipinski definition) is 2. The summed E-state index contributed by atoms with van der Waals surface area (Å²) in [6.07, 6.45) is 1.68. The maximum absolute atomic E-state index is 10.5. The molecule has 1 aromatic carbocycles. The molecule has 1 aromatic heterocycles. The number of hydrogen-bond acceptors (Lipinski definition) is 5. The van der Waals surface area contributed by atoms with Crippen LogP contribution in [-0.4, -0.2) is 23.1 Å². The lowest BCUT2D eigenvalue weighted by atomic mass is 10.1. The van der Waals surface area contributed by atoms with E-state index in [0.717, 1.165) is 29.8 Å². The number of rotatable bonds is 4. The Hall–Kier alpha value is -2.21. The highest BCUT2D eigenvalue weighted by molar-refractivity contribution is 5.76. The maximum atomic E-state index is 10.5. The Labute approximate surface area is 110 Å². The Balaban J connectivity index is 1.90. The number of carbonyl (C=O) groups is 1. The third-order valence-electron chi connectivity index (χ3n) is 3.27. The third kappa shape index (κ3) is 2.22. The summed E-state index contributed by atoms with van der Waals surface area (Å²) in [5.41, 5.74) is 2.56. The average Bonchev–Trinajstić information content (AvgIpc) is 2.79. The van der Waals surface area contributed by atoms with Crippen molar-refractivity contribution in [3.63, 3.8) is 0 Å². The molecule has 0 radical (unpaired) electrons. The zero-order valence-electron chi connectivity index (χ0n) is 10.5. The normalized spacial score (nSPS) is 17.8. The second kappa shape index (κ2) is 4.81. The van der Waals surface area contributed by atoms with Gasteiger partial charge in [-0.25, -0.2) is 0 Å². The number of nitrogens with one attached hydrogen (secondary N) is 2. The van der Waals surface area contributed by atoms with E-state index >= 15 is 0 Å². The molecule has 1 aliphatic rings. The van der Waals surface area contributed by atoms with Crippen molar-refractivity contribution in [3.8, 4) is 11.4 Å². The van der Waals surface area contributed by atoms with Gasteiger partial charge in [-0.15, -0.1) is 0 Å². The lowest BCUT2D eigenvalue weighted by Crippen LogP contribution is -2.35. The summed E-state index contributed by atoms with van der Waals surface area (Å²) in [4.78, 5) is 14.9. The van der Waals surface area contributed by atoms with Gasteiger partial charge in [0, 0.05) is 11.3 Å². The van der Waals surface area contributed by atoms with Gasteiger partial charge in [-0.1, -0.05) is 17.3 Å². The number of aryl methyl sites for hydroxylation is 1. The first-order chi connectivity index (χ1) is 9.28. The number of aromatic nitrogens is 2. The van der Waals surface area contributed by atoms with Crippen LogP contribution in [0.3, 0.4) is 0 Å². The lowest BCUT2D eigenvalue weighted by molar-refractivity contribution is -0.105. The van der Waals surface area contributed by atoms with Crippen LogP contribution in [0.15, 0.2) is 22.7 Å². The predicted octanol–water partition coefficient (Wildman–Crippen LogP) is 1.65. The molecule has 2 N–H and O–H groups in total. The first-order valence-electron chi connectivity index (χ1n) is 6.16. The zero-order chi connectivity index (χ0) is 13.2. The minimum atomic E-state index is 0.180. The van der Waals surface area contributed by atoms with E-state index in [0.29, 0.717) is 18.1 Å². The summed E-state index contributed by atoms with van der Waals surface area (Å²) >= 11 is 0. The fraction of sp³-hybridized carbons (Fsp3) is 0.308. The quantitative estimate of drug-likeness (QED) is 0.815. The van der Waals surface area contributed by atoms with E-state index < -0.39 is 0 Å². The van der Waals surface area contributed by atoms with Gasteiger partial charge in [0.1, 0.15) is 0 Å². The largest absolute Gasteiger partial charge is 0.337 e. The lowest BCUT2D eigenvalue weighted by Gasteiger charge is -2.23. The summed E-state index contributed by atoms with van der Waals surface area (Å²) in [6.45, 7) is 2.91. The van der Waals surface area contributed by atoms with Crippen molar-refractivity contribution in [2.24, 2.45) is 0 Å². The fourth-order valence-electron chi connectivity index (χ4n) is 1.97. The Bertz CT molecular complexity index is 604. The smallest absolute Gasteiger partial charge is 0.244 e. The average molecular weight is 258 g/mol. The Morgan fingerprint density at radius 2 is 2.37 bits per heavy atom. The summed E-state index contributed by atoms with van der Waals surface area (Å²) in [5.74, 6) is 1.16. The third-order valence-corrected chi connectivity index (χ3v) is 3.27. The highest BCUT2D eigenvalue weighted by atomic mass is 16.5.